The molecule has 3 atom stereocenters. The number of hydrogen-bond acceptors (Lipinski definition) is 2. The molecule has 142 valence electrons. The first kappa shape index (κ1) is 21.5. The van der Waals surface area contributed by atoms with Crippen LogP contribution in [0.1, 0.15) is 57.8 Å². The molecule has 1 saturated heterocycles. The van der Waals surface area contributed by atoms with Gasteiger partial charge < -0.3 is 9.16 Å². The van der Waals surface area contributed by atoms with E-state index in [2.05, 4.69) is 72.0 Å². The summed E-state index contributed by atoms with van der Waals surface area (Å²) < 4.78 is 10.8. The van der Waals surface area contributed by atoms with Crippen LogP contribution in [0.3, 0.4) is 0 Å². The standard InChI is InChI=1S/C19H29Cl3O2Si/c1-12(2)13-8-10-14(11-9-13)15-16(23-15)17(19(20,21)22)24-25(6,7)18(3,4)5/h8-12,15-17H,1-7H3/t15-,16+,17+/m0/s1. The van der Waals surface area contributed by atoms with Gasteiger partial charge in [-0.25, -0.2) is 0 Å². The van der Waals surface area contributed by atoms with Crippen LogP contribution in [0.5, 0.6) is 0 Å². The first-order valence-corrected chi connectivity index (χ1v) is 12.8. The Morgan fingerprint density at radius 2 is 1.56 bits per heavy atom. The van der Waals surface area contributed by atoms with Crippen LogP contribution in [0.2, 0.25) is 18.1 Å². The first-order chi connectivity index (χ1) is 11.2. The van der Waals surface area contributed by atoms with Crippen molar-refractivity contribution in [3.63, 3.8) is 0 Å². The lowest BCUT2D eigenvalue weighted by molar-refractivity contribution is 0.145. The fraction of sp³-hybridized carbons (Fsp3) is 0.684. The van der Waals surface area contributed by atoms with Gasteiger partial charge in [0.2, 0.25) is 3.79 Å². The Kier molecular flexibility index (Phi) is 6.31. The predicted octanol–water partition coefficient (Wildman–Crippen LogP) is 7.01. The highest BCUT2D eigenvalue weighted by atomic mass is 35.6. The molecule has 0 spiro atoms. The van der Waals surface area contributed by atoms with Crippen molar-refractivity contribution < 1.29 is 9.16 Å². The van der Waals surface area contributed by atoms with Crippen LogP contribution in [0.25, 0.3) is 0 Å². The number of benzene rings is 1. The molecule has 0 unspecified atom stereocenters. The van der Waals surface area contributed by atoms with Gasteiger partial charge in [0.25, 0.3) is 0 Å². The smallest absolute Gasteiger partial charge is 0.217 e. The Bertz CT molecular complexity index is 588. The minimum absolute atomic E-state index is 0.0322. The van der Waals surface area contributed by atoms with Gasteiger partial charge in [0, 0.05) is 0 Å². The van der Waals surface area contributed by atoms with Gasteiger partial charge in [-0.15, -0.1) is 0 Å². The van der Waals surface area contributed by atoms with Crippen LogP contribution in [-0.2, 0) is 9.16 Å². The molecule has 6 heteroatoms. The third-order valence-corrected chi connectivity index (χ3v) is 10.4. The Morgan fingerprint density at radius 1 is 1.04 bits per heavy atom. The predicted molar refractivity (Wildman–Crippen MR) is 111 cm³/mol. The summed E-state index contributed by atoms with van der Waals surface area (Å²) in [6.07, 6.45) is -0.883. The second-order valence-corrected chi connectivity index (χ2v) is 15.8. The maximum atomic E-state index is 6.42. The highest BCUT2D eigenvalue weighted by Gasteiger charge is 2.56. The van der Waals surface area contributed by atoms with Gasteiger partial charge in [0.05, 0.1) is 0 Å². The average molecular weight is 424 g/mol. The van der Waals surface area contributed by atoms with Crippen molar-refractivity contribution in [2.75, 3.05) is 0 Å². The Labute approximate surface area is 168 Å². The highest BCUT2D eigenvalue weighted by Crippen LogP contribution is 2.51. The second-order valence-electron chi connectivity index (χ2n) is 8.68. The molecule has 0 bridgehead atoms. The second kappa shape index (κ2) is 7.33. The number of rotatable bonds is 5. The summed E-state index contributed by atoms with van der Waals surface area (Å²) in [5.74, 6) is 0.501. The maximum Gasteiger partial charge on any atom is 0.217 e. The topological polar surface area (TPSA) is 21.8 Å². The monoisotopic (exact) mass is 422 g/mol. The average Bonchev–Trinajstić information content (AvgIpc) is 3.22. The Hall–Kier alpha value is 0.227. The number of alkyl halides is 3. The minimum atomic E-state index is -2.09. The Morgan fingerprint density at radius 3 is 1.96 bits per heavy atom. The summed E-state index contributed by atoms with van der Waals surface area (Å²) in [7, 11) is -2.09. The van der Waals surface area contributed by atoms with E-state index in [1.54, 1.807) is 0 Å². The van der Waals surface area contributed by atoms with Gasteiger partial charge in [-0.2, -0.15) is 0 Å². The van der Waals surface area contributed by atoms with E-state index in [0.717, 1.165) is 5.56 Å². The van der Waals surface area contributed by atoms with Crippen molar-refractivity contribution in [3.05, 3.63) is 35.4 Å². The van der Waals surface area contributed by atoms with Crippen molar-refractivity contribution >= 4 is 43.1 Å². The van der Waals surface area contributed by atoms with Crippen molar-refractivity contribution in [3.8, 4) is 0 Å². The zero-order valence-electron chi connectivity index (χ0n) is 16.1. The van der Waals surface area contributed by atoms with Gasteiger partial charge in [-0.05, 0) is 35.2 Å². The molecule has 1 aromatic carbocycles. The summed E-state index contributed by atoms with van der Waals surface area (Å²) in [6, 6.07) is 8.47. The fourth-order valence-corrected chi connectivity index (χ4v) is 4.54. The van der Waals surface area contributed by atoms with E-state index in [4.69, 9.17) is 44.0 Å². The van der Waals surface area contributed by atoms with Crippen LogP contribution in [0.4, 0.5) is 0 Å². The van der Waals surface area contributed by atoms with Crippen LogP contribution >= 0.6 is 34.8 Å². The third kappa shape index (κ3) is 5.15. The molecular formula is C19H29Cl3O2Si. The number of hydrogen-bond donors (Lipinski definition) is 0. The van der Waals surface area contributed by atoms with Crippen LogP contribution in [0.15, 0.2) is 24.3 Å². The largest absolute Gasteiger partial charge is 0.407 e. The van der Waals surface area contributed by atoms with E-state index in [1.807, 2.05) is 0 Å². The normalized spacial score (nSPS) is 23.0. The van der Waals surface area contributed by atoms with E-state index in [-0.39, 0.29) is 17.2 Å². The molecule has 0 N–H and O–H groups in total. The molecule has 1 fully saturated rings. The van der Waals surface area contributed by atoms with Crippen LogP contribution in [-0.4, -0.2) is 24.3 Å². The number of epoxide rings is 1. The summed E-state index contributed by atoms with van der Waals surface area (Å²) in [6.45, 7) is 15.2. The molecule has 1 aromatic rings. The quantitative estimate of drug-likeness (QED) is 0.288. The number of ether oxygens (including phenoxy) is 1. The lowest BCUT2D eigenvalue weighted by Gasteiger charge is -2.40. The van der Waals surface area contributed by atoms with Crippen LogP contribution in [0, 0.1) is 0 Å². The molecule has 0 amide bonds. The Balaban J connectivity index is 2.16. The van der Waals surface area contributed by atoms with Crippen molar-refractivity contribution in [2.45, 2.75) is 80.8 Å². The molecule has 2 nitrogen and oxygen atoms in total. The van der Waals surface area contributed by atoms with E-state index < -0.39 is 18.2 Å². The summed E-state index contributed by atoms with van der Waals surface area (Å²) in [4.78, 5) is 0. The molecule has 0 saturated carbocycles. The minimum Gasteiger partial charge on any atom is -0.407 e. The number of halogens is 3. The molecule has 1 aliphatic heterocycles. The molecule has 25 heavy (non-hydrogen) atoms. The lowest BCUT2D eigenvalue weighted by Crippen LogP contribution is -2.49. The van der Waals surface area contributed by atoms with Crippen molar-refractivity contribution in [1.29, 1.82) is 0 Å². The van der Waals surface area contributed by atoms with Gasteiger partial charge >= 0.3 is 0 Å². The third-order valence-electron chi connectivity index (χ3n) is 5.31. The SMILES string of the molecule is CC(C)c1ccc([C@@H]2O[C@H]2[C@@H](O[Si](C)(C)C(C)(C)C)C(Cl)(Cl)Cl)cc1. The molecule has 0 aliphatic carbocycles. The molecule has 2 rings (SSSR count). The molecule has 1 heterocycles. The molecule has 0 aromatic heterocycles. The van der Waals surface area contributed by atoms with Gasteiger partial charge in [-0.3, -0.25) is 0 Å². The van der Waals surface area contributed by atoms with Gasteiger partial charge in [-0.1, -0.05) is 93.7 Å². The van der Waals surface area contributed by atoms with Crippen LogP contribution < -0.4 is 0 Å². The molecule has 0 radical (unpaired) electrons. The van der Waals surface area contributed by atoms with Gasteiger partial charge in [0.15, 0.2) is 8.32 Å². The van der Waals surface area contributed by atoms with E-state index >= 15 is 0 Å². The summed E-state index contributed by atoms with van der Waals surface area (Å²) >= 11 is 18.8. The zero-order valence-corrected chi connectivity index (χ0v) is 19.3. The molecular weight excluding hydrogens is 395 g/mol. The zero-order chi connectivity index (χ0) is 19.2. The van der Waals surface area contributed by atoms with Gasteiger partial charge in [0.1, 0.15) is 18.3 Å². The van der Waals surface area contributed by atoms with Crippen molar-refractivity contribution in [2.24, 2.45) is 0 Å². The fourth-order valence-electron chi connectivity index (χ4n) is 2.51. The van der Waals surface area contributed by atoms with E-state index in [0.29, 0.717) is 5.92 Å². The lowest BCUT2D eigenvalue weighted by atomic mass is 9.99. The van der Waals surface area contributed by atoms with E-state index in [9.17, 15) is 0 Å². The maximum absolute atomic E-state index is 6.42. The molecule has 1 aliphatic rings. The van der Waals surface area contributed by atoms with E-state index in [1.165, 1.54) is 5.56 Å². The summed E-state index contributed by atoms with van der Waals surface area (Å²) in [5.41, 5.74) is 2.41. The first-order valence-electron chi connectivity index (χ1n) is 8.74. The highest BCUT2D eigenvalue weighted by molar-refractivity contribution is 6.74. The van der Waals surface area contributed by atoms with Crippen molar-refractivity contribution in [1.82, 2.24) is 0 Å². The summed E-state index contributed by atoms with van der Waals surface area (Å²) in [5, 5.41) is 0.0322.